The molecule has 4 heteroatoms. The molecule has 1 aliphatic carbocycles. The van der Waals surface area contributed by atoms with Crippen molar-refractivity contribution in [2.24, 2.45) is 5.41 Å². The van der Waals surface area contributed by atoms with E-state index in [1.54, 1.807) is 19.5 Å². The van der Waals surface area contributed by atoms with Crippen LogP contribution in [-0.2, 0) is 4.74 Å². The molecule has 1 aliphatic rings. The summed E-state index contributed by atoms with van der Waals surface area (Å²) in [5.74, 6) is 0.781. The lowest BCUT2D eigenvalue weighted by molar-refractivity contribution is -0.172. The Balaban J connectivity index is 2.17. The molecular formula is C13H21N3O. The second-order valence-corrected chi connectivity index (χ2v) is 5.54. The number of hydrogen-bond donors (Lipinski definition) is 0. The van der Waals surface area contributed by atoms with Crippen molar-refractivity contribution in [1.29, 1.82) is 0 Å². The van der Waals surface area contributed by atoms with Crippen LogP contribution >= 0.6 is 0 Å². The molecule has 17 heavy (non-hydrogen) atoms. The first kappa shape index (κ1) is 12.3. The molecule has 1 saturated carbocycles. The Bertz CT molecular complexity index is 393. The molecule has 1 aromatic heterocycles. The summed E-state index contributed by atoms with van der Waals surface area (Å²) in [6.45, 7) is 6.65. The smallest absolute Gasteiger partial charge is 0.225 e. The van der Waals surface area contributed by atoms with Crippen molar-refractivity contribution in [1.82, 2.24) is 9.97 Å². The van der Waals surface area contributed by atoms with E-state index < -0.39 is 0 Å². The summed E-state index contributed by atoms with van der Waals surface area (Å²) in [6, 6.07) is 2.25. The predicted molar refractivity (Wildman–Crippen MR) is 68.0 cm³/mol. The molecular weight excluding hydrogens is 214 g/mol. The number of methoxy groups -OCH3 is 1. The Labute approximate surface area is 103 Å². The van der Waals surface area contributed by atoms with Crippen LogP contribution in [0.15, 0.2) is 18.5 Å². The van der Waals surface area contributed by atoms with Gasteiger partial charge in [0, 0.05) is 38.0 Å². The van der Waals surface area contributed by atoms with Gasteiger partial charge in [0.25, 0.3) is 0 Å². The minimum atomic E-state index is -0.0549. The molecule has 0 aromatic carbocycles. The molecule has 0 aliphatic heterocycles. The van der Waals surface area contributed by atoms with Crippen molar-refractivity contribution in [3.05, 3.63) is 18.5 Å². The lowest BCUT2D eigenvalue weighted by Crippen LogP contribution is -2.68. The van der Waals surface area contributed by atoms with Crippen LogP contribution in [0.1, 0.15) is 27.2 Å². The largest absolute Gasteiger partial charge is 0.378 e. The Hall–Kier alpha value is -1.16. The van der Waals surface area contributed by atoms with E-state index in [9.17, 15) is 0 Å². The van der Waals surface area contributed by atoms with Crippen LogP contribution in [0.4, 0.5) is 5.95 Å². The van der Waals surface area contributed by atoms with Crippen LogP contribution in [-0.4, -0.2) is 35.8 Å². The molecule has 0 unspecified atom stereocenters. The van der Waals surface area contributed by atoms with E-state index in [0.717, 1.165) is 12.4 Å². The predicted octanol–water partition coefficient (Wildman–Crippen LogP) is 2.12. The van der Waals surface area contributed by atoms with Gasteiger partial charge < -0.3 is 9.64 Å². The van der Waals surface area contributed by atoms with Crippen molar-refractivity contribution >= 4 is 5.95 Å². The van der Waals surface area contributed by atoms with E-state index in [4.69, 9.17) is 4.74 Å². The molecule has 2 atom stereocenters. The molecule has 1 aromatic rings. The maximum atomic E-state index is 5.64. The number of hydrogen-bond acceptors (Lipinski definition) is 4. The fourth-order valence-corrected chi connectivity index (χ4v) is 2.69. The van der Waals surface area contributed by atoms with E-state index in [-0.39, 0.29) is 11.0 Å². The standard InChI is InChI=1S/C13H21N3O/c1-12(2)10(9-13(12,3)17-5)16(4)11-14-7-6-8-15-11/h6-8,10H,9H2,1-5H3/t10-,13+/m1/s1. The number of rotatable bonds is 3. The molecule has 0 spiro atoms. The van der Waals surface area contributed by atoms with Crippen molar-refractivity contribution in [2.45, 2.75) is 38.8 Å². The first-order valence-corrected chi connectivity index (χ1v) is 5.97. The van der Waals surface area contributed by atoms with Gasteiger partial charge in [0.15, 0.2) is 0 Å². The maximum Gasteiger partial charge on any atom is 0.225 e. The average Bonchev–Trinajstić information content (AvgIpc) is 2.35. The first-order chi connectivity index (χ1) is 7.92. The summed E-state index contributed by atoms with van der Waals surface area (Å²) >= 11 is 0. The molecule has 0 amide bonds. The normalized spacial score (nSPS) is 30.8. The summed E-state index contributed by atoms with van der Waals surface area (Å²) in [6.07, 6.45) is 4.56. The highest BCUT2D eigenvalue weighted by Gasteiger charge is 2.59. The molecule has 2 rings (SSSR count). The van der Waals surface area contributed by atoms with Crippen molar-refractivity contribution < 1.29 is 4.74 Å². The summed E-state index contributed by atoms with van der Waals surface area (Å²) in [5.41, 5.74) is 0.0381. The highest BCUT2D eigenvalue weighted by Crippen LogP contribution is 2.53. The Morgan fingerprint density at radius 3 is 2.35 bits per heavy atom. The van der Waals surface area contributed by atoms with Crippen LogP contribution in [0, 0.1) is 5.41 Å². The van der Waals surface area contributed by atoms with E-state index in [0.29, 0.717) is 6.04 Å². The highest BCUT2D eigenvalue weighted by molar-refractivity contribution is 5.34. The first-order valence-electron chi connectivity index (χ1n) is 5.97. The molecule has 1 heterocycles. The minimum Gasteiger partial charge on any atom is -0.378 e. The van der Waals surface area contributed by atoms with Crippen molar-refractivity contribution in [3.63, 3.8) is 0 Å². The number of aromatic nitrogens is 2. The van der Waals surface area contributed by atoms with Gasteiger partial charge in [-0.3, -0.25) is 0 Å². The van der Waals surface area contributed by atoms with E-state index in [1.165, 1.54) is 0 Å². The highest BCUT2D eigenvalue weighted by atomic mass is 16.5. The van der Waals surface area contributed by atoms with Gasteiger partial charge in [-0.1, -0.05) is 13.8 Å². The molecule has 0 radical (unpaired) electrons. The van der Waals surface area contributed by atoms with E-state index >= 15 is 0 Å². The van der Waals surface area contributed by atoms with Crippen molar-refractivity contribution in [2.75, 3.05) is 19.1 Å². The third-order valence-electron chi connectivity index (χ3n) is 4.56. The van der Waals surface area contributed by atoms with E-state index in [1.807, 2.05) is 6.07 Å². The topological polar surface area (TPSA) is 38.2 Å². The summed E-state index contributed by atoms with van der Waals surface area (Å²) < 4.78 is 5.64. The van der Waals surface area contributed by atoms with Gasteiger partial charge in [0.1, 0.15) is 0 Å². The van der Waals surface area contributed by atoms with Crippen LogP contribution < -0.4 is 4.90 Å². The van der Waals surface area contributed by atoms with Gasteiger partial charge in [-0.2, -0.15) is 0 Å². The number of ether oxygens (including phenoxy) is 1. The lowest BCUT2D eigenvalue weighted by Gasteiger charge is -2.61. The number of nitrogens with zero attached hydrogens (tertiary/aromatic N) is 3. The molecule has 0 saturated heterocycles. The number of anilines is 1. The Kier molecular flexibility index (Phi) is 2.86. The quantitative estimate of drug-likeness (QED) is 0.804. The molecule has 1 fully saturated rings. The monoisotopic (exact) mass is 235 g/mol. The molecule has 0 bridgehead atoms. The second-order valence-electron chi connectivity index (χ2n) is 5.54. The summed E-state index contributed by atoms with van der Waals surface area (Å²) in [5, 5.41) is 0. The third kappa shape index (κ3) is 1.71. The van der Waals surface area contributed by atoms with Crippen LogP contribution in [0.25, 0.3) is 0 Å². The summed E-state index contributed by atoms with van der Waals surface area (Å²) in [7, 11) is 3.84. The van der Waals surface area contributed by atoms with Crippen LogP contribution in [0.3, 0.4) is 0 Å². The zero-order valence-corrected chi connectivity index (χ0v) is 11.3. The zero-order valence-electron chi connectivity index (χ0n) is 11.3. The average molecular weight is 235 g/mol. The van der Waals surface area contributed by atoms with Gasteiger partial charge in [0.05, 0.1) is 5.60 Å². The van der Waals surface area contributed by atoms with Crippen molar-refractivity contribution in [3.8, 4) is 0 Å². The zero-order chi connectivity index (χ0) is 12.7. The molecule has 0 N–H and O–H groups in total. The molecule has 4 nitrogen and oxygen atoms in total. The summed E-state index contributed by atoms with van der Waals surface area (Å²) in [4.78, 5) is 10.7. The van der Waals surface area contributed by atoms with Gasteiger partial charge in [0.2, 0.25) is 5.95 Å². The molecule has 94 valence electrons. The fraction of sp³-hybridized carbons (Fsp3) is 0.692. The van der Waals surface area contributed by atoms with Gasteiger partial charge in [-0.15, -0.1) is 0 Å². The SMILES string of the molecule is CO[C@@]1(C)C[C@@H](N(C)c2ncccn2)C1(C)C. The van der Waals surface area contributed by atoms with E-state index in [2.05, 4.69) is 42.7 Å². The minimum absolute atomic E-state index is 0.0549. The second kappa shape index (κ2) is 3.95. The Morgan fingerprint density at radius 2 is 1.88 bits per heavy atom. The van der Waals surface area contributed by atoms with Gasteiger partial charge in [-0.25, -0.2) is 9.97 Å². The van der Waals surface area contributed by atoms with Gasteiger partial charge in [-0.05, 0) is 19.4 Å². The lowest BCUT2D eigenvalue weighted by atomic mass is 9.55. The van der Waals surface area contributed by atoms with Crippen LogP contribution in [0.5, 0.6) is 0 Å². The fourth-order valence-electron chi connectivity index (χ4n) is 2.69. The Morgan fingerprint density at radius 1 is 1.29 bits per heavy atom. The maximum absolute atomic E-state index is 5.64. The van der Waals surface area contributed by atoms with Gasteiger partial charge >= 0.3 is 0 Å². The van der Waals surface area contributed by atoms with Crippen LogP contribution in [0.2, 0.25) is 0 Å². The third-order valence-corrected chi connectivity index (χ3v) is 4.56.